The highest BCUT2D eigenvalue weighted by atomic mass is 16.5. The molecular weight excluding hydrogens is 192 g/mol. The van der Waals surface area contributed by atoms with E-state index in [4.69, 9.17) is 9.84 Å². The molecule has 0 saturated heterocycles. The number of esters is 1. The lowest BCUT2D eigenvalue weighted by Gasteiger charge is -2.09. The summed E-state index contributed by atoms with van der Waals surface area (Å²) in [6, 6.07) is 5.25. The van der Waals surface area contributed by atoms with Crippen molar-refractivity contribution in [3.05, 3.63) is 29.3 Å². The van der Waals surface area contributed by atoms with Gasteiger partial charge in [-0.1, -0.05) is 19.9 Å². The molecule has 0 saturated carbocycles. The SMILES string of the molecule is Cc1ccc(OC(=O)C(C)C)cc1CO. The lowest BCUT2D eigenvalue weighted by molar-refractivity contribution is -0.137. The molecule has 1 aromatic carbocycles. The molecule has 0 radical (unpaired) electrons. The van der Waals surface area contributed by atoms with Crippen molar-refractivity contribution in [2.75, 3.05) is 0 Å². The van der Waals surface area contributed by atoms with Gasteiger partial charge in [0.05, 0.1) is 12.5 Å². The second-order valence-corrected chi connectivity index (χ2v) is 3.82. The van der Waals surface area contributed by atoms with E-state index in [0.29, 0.717) is 5.75 Å². The number of aliphatic hydroxyl groups excluding tert-OH is 1. The van der Waals surface area contributed by atoms with E-state index in [2.05, 4.69) is 0 Å². The van der Waals surface area contributed by atoms with Crippen LogP contribution >= 0.6 is 0 Å². The second kappa shape index (κ2) is 4.94. The second-order valence-electron chi connectivity index (χ2n) is 3.82. The van der Waals surface area contributed by atoms with E-state index in [-0.39, 0.29) is 18.5 Å². The van der Waals surface area contributed by atoms with Crippen molar-refractivity contribution in [3.63, 3.8) is 0 Å². The Kier molecular flexibility index (Phi) is 3.86. The van der Waals surface area contributed by atoms with Crippen molar-refractivity contribution >= 4 is 5.97 Å². The number of ether oxygens (including phenoxy) is 1. The lowest BCUT2D eigenvalue weighted by Crippen LogP contribution is -2.14. The molecule has 0 aliphatic rings. The van der Waals surface area contributed by atoms with Gasteiger partial charge in [-0.05, 0) is 30.2 Å². The van der Waals surface area contributed by atoms with Crippen LogP contribution in [0, 0.1) is 12.8 Å². The van der Waals surface area contributed by atoms with Crippen LogP contribution in [0.25, 0.3) is 0 Å². The fourth-order valence-electron chi connectivity index (χ4n) is 1.12. The summed E-state index contributed by atoms with van der Waals surface area (Å²) in [5.74, 6) is 0.0787. The molecule has 0 aromatic heterocycles. The van der Waals surface area contributed by atoms with Gasteiger partial charge in [0.1, 0.15) is 5.75 Å². The average Bonchev–Trinajstić information content (AvgIpc) is 2.20. The standard InChI is InChI=1S/C12H16O3/c1-8(2)12(14)15-11-5-4-9(3)10(6-11)7-13/h4-6,8,13H,7H2,1-3H3. The zero-order chi connectivity index (χ0) is 11.4. The summed E-state index contributed by atoms with van der Waals surface area (Å²) < 4.78 is 5.12. The first-order valence-corrected chi connectivity index (χ1v) is 4.96. The summed E-state index contributed by atoms with van der Waals surface area (Å²) in [4.78, 5) is 11.3. The fraction of sp³-hybridized carbons (Fsp3) is 0.417. The molecule has 0 spiro atoms. The van der Waals surface area contributed by atoms with Crippen LogP contribution in [-0.4, -0.2) is 11.1 Å². The molecule has 0 bridgehead atoms. The van der Waals surface area contributed by atoms with Gasteiger partial charge in [0.15, 0.2) is 0 Å². The quantitative estimate of drug-likeness (QED) is 0.611. The van der Waals surface area contributed by atoms with Gasteiger partial charge in [-0.15, -0.1) is 0 Å². The maximum Gasteiger partial charge on any atom is 0.313 e. The average molecular weight is 208 g/mol. The number of aryl methyl sites for hydroxylation is 1. The minimum atomic E-state index is -0.261. The van der Waals surface area contributed by atoms with Crippen molar-refractivity contribution in [1.29, 1.82) is 0 Å². The molecule has 0 unspecified atom stereocenters. The maximum absolute atomic E-state index is 11.3. The summed E-state index contributed by atoms with van der Waals surface area (Å²) in [7, 11) is 0. The zero-order valence-electron chi connectivity index (χ0n) is 9.28. The van der Waals surface area contributed by atoms with E-state index in [1.54, 1.807) is 26.0 Å². The molecule has 82 valence electrons. The number of benzene rings is 1. The Morgan fingerprint density at radius 1 is 1.47 bits per heavy atom. The van der Waals surface area contributed by atoms with Crippen LogP contribution in [0.1, 0.15) is 25.0 Å². The molecule has 1 rings (SSSR count). The van der Waals surface area contributed by atoms with Gasteiger partial charge in [0, 0.05) is 0 Å². The molecule has 0 heterocycles. The molecule has 0 aliphatic carbocycles. The molecule has 3 nitrogen and oxygen atoms in total. The largest absolute Gasteiger partial charge is 0.426 e. The van der Waals surface area contributed by atoms with Crippen LogP contribution in [0.3, 0.4) is 0 Å². The monoisotopic (exact) mass is 208 g/mol. The predicted molar refractivity (Wildman–Crippen MR) is 57.6 cm³/mol. The summed E-state index contributed by atoms with van der Waals surface area (Å²) >= 11 is 0. The Bertz CT molecular complexity index is 356. The molecule has 15 heavy (non-hydrogen) atoms. The fourth-order valence-corrected chi connectivity index (χ4v) is 1.12. The predicted octanol–water partition coefficient (Wildman–Crippen LogP) is 2.05. The van der Waals surface area contributed by atoms with Crippen LogP contribution in [-0.2, 0) is 11.4 Å². The van der Waals surface area contributed by atoms with Gasteiger partial charge < -0.3 is 9.84 Å². The van der Waals surface area contributed by atoms with Crippen LogP contribution in [0.5, 0.6) is 5.75 Å². The van der Waals surface area contributed by atoms with Crippen molar-refractivity contribution in [3.8, 4) is 5.75 Å². The molecule has 0 amide bonds. The first-order valence-electron chi connectivity index (χ1n) is 4.96. The van der Waals surface area contributed by atoms with Gasteiger partial charge in [0.2, 0.25) is 0 Å². The third-order valence-corrected chi connectivity index (χ3v) is 2.18. The van der Waals surface area contributed by atoms with E-state index in [1.807, 2.05) is 13.0 Å². The van der Waals surface area contributed by atoms with Gasteiger partial charge in [0.25, 0.3) is 0 Å². The third kappa shape index (κ3) is 3.06. The molecule has 0 fully saturated rings. The number of aliphatic hydroxyl groups is 1. The Balaban J connectivity index is 2.83. The first-order chi connectivity index (χ1) is 7.04. The van der Waals surface area contributed by atoms with Gasteiger partial charge in [-0.3, -0.25) is 4.79 Å². The van der Waals surface area contributed by atoms with Crippen molar-refractivity contribution in [2.45, 2.75) is 27.4 Å². The van der Waals surface area contributed by atoms with E-state index in [9.17, 15) is 4.79 Å². The van der Waals surface area contributed by atoms with E-state index in [0.717, 1.165) is 11.1 Å². The molecule has 1 N–H and O–H groups in total. The molecule has 1 aromatic rings. The van der Waals surface area contributed by atoms with E-state index in [1.165, 1.54) is 0 Å². The Labute approximate surface area is 89.7 Å². The smallest absolute Gasteiger partial charge is 0.313 e. The topological polar surface area (TPSA) is 46.5 Å². The highest BCUT2D eigenvalue weighted by Gasteiger charge is 2.10. The lowest BCUT2D eigenvalue weighted by atomic mass is 10.1. The minimum absolute atomic E-state index is 0.0428. The number of carbonyl (C=O) groups excluding carboxylic acids is 1. The van der Waals surface area contributed by atoms with Crippen LogP contribution in [0.15, 0.2) is 18.2 Å². The third-order valence-electron chi connectivity index (χ3n) is 2.18. The van der Waals surface area contributed by atoms with Crippen molar-refractivity contribution in [2.24, 2.45) is 5.92 Å². The maximum atomic E-state index is 11.3. The summed E-state index contributed by atoms with van der Waals surface area (Å²) in [6.07, 6.45) is 0. The van der Waals surface area contributed by atoms with E-state index < -0.39 is 0 Å². The Morgan fingerprint density at radius 2 is 2.13 bits per heavy atom. The Hall–Kier alpha value is -1.35. The number of hydrogen-bond donors (Lipinski definition) is 1. The minimum Gasteiger partial charge on any atom is -0.426 e. The van der Waals surface area contributed by atoms with Gasteiger partial charge in [-0.25, -0.2) is 0 Å². The van der Waals surface area contributed by atoms with Crippen LogP contribution in [0.2, 0.25) is 0 Å². The molecule has 0 atom stereocenters. The summed E-state index contributed by atoms with van der Waals surface area (Å²) in [5, 5.41) is 9.05. The molecular formula is C12H16O3. The number of hydrogen-bond acceptors (Lipinski definition) is 3. The molecule has 3 heteroatoms. The highest BCUT2D eigenvalue weighted by Crippen LogP contribution is 2.18. The summed E-state index contributed by atoms with van der Waals surface area (Å²) in [6.45, 7) is 5.42. The normalized spacial score (nSPS) is 10.5. The van der Waals surface area contributed by atoms with Crippen molar-refractivity contribution in [1.82, 2.24) is 0 Å². The number of rotatable bonds is 3. The van der Waals surface area contributed by atoms with Gasteiger partial charge >= 0.3 is 5.97 Å². The first kappa shape index (κ1) is 11.7. The molecule has 0 aliphatic heterocycles. The van der Waals surface area contributed by atoms with Crippen molar-refractivity contribution < 1.29 is 14.6 Å². The summed E-state index contributed by atoms with van der Waals surface area (Å²) in [5.41, 5.74) is 1.77. The number of carbonyl (C=O) groups is 1. The van der Waals surface area contributed by atoms with E-state index >= 15 is 0 Å². The van der Waals surface area contributed by atoms with Crippen LogP contribution < -0.4 is 4.74 Å². The van der Waals surface area contributed by atoms with Crippen LogP contribution in [0.4, 0.5) is 0 Å². The zero-order valence-corrected chi connectivity index (χ0v) is 9.28. The Morgan fingerprint density at radius 3 is 2.67 bits per heavy atom. The highest BCUT2D eigenvalue weighted by molar-refractivity contribution is 5.74. The van der Waals surface area contributed by atoms with Gasteiger partial charge in [-0.2, -0.15) is 0 Å².